The number of piperazine rings is 1. The summed E-state index contributed by atoms with van der Waals surface area (Å²) in [5.74, 6) is 0. The largest absolute Gasteiger partial charge is 0.395 e. The van der Waals surface area contributed by atoms with Crippen molar-refractivity contribution < 1.29 is 5.11 Å². The van der Waals surface area contributed by atoms with E-state index in [2.05, 4.69) is 63.5 Å². The van der Waals surface area contributed by atoms with Crippen molar-refractivity contribution in [2.45, 2.75) is 13.0 Å². The third-order valence-corrected chi connectivity index (χ3v) is 6.14. The quantitative estimate of drug-likeness (QED) is 0.738. The molecule has 2 aromatic heterocycles. The summed E-state index contributed by atoms with van der Waals surface area (Å²) in [4.78, 5) is 9.93. The van der Waals surface area contributed by atoms with E-state index in [0.717, 1.165) is 32.7 Å². The summed E-state index contributed by atoms with van der Waals surface area (Å²) in [6, 6.07) is 13.3. The first-order valence-electron chi connectivity index (χ1n) is 8.96. The summed E-state index contributed by atoms with van der Waals surface area (Å²) >= 11 is 1.84. The number of aryl methyl sites for hydroxylation is 1. The van der Waals surface area contributed by atoms with Gasteiger partial charge in [0.2, 0.25) is 0 Å². The van der Waals surface area contributed by atoms with Crippen molar-refractivity contribution in [3.63, 3.8) is 0 Å². The number of aliphatic hydroxyl groups is 1. The van der Waals surface area contributed by atoms with E-state index in [-0.39, 0.29) is 6.61 Å². The van der Waals surface area contributed by atoms with E-state index in [9.17, 15) is 5.11 Å². The molecule has 1 saturated heterocycles. The lowest BCUT2D eigenvalue weighted by atomic mass is 9.99. The number of benzene rings is 1. The van der Waals surface area contributed by atoms with Crippen molar-refractivity contribution in [3.8, 4) is 0 Å². The lowest BCUT2D eigenvalue weighted by molar-refractivity contribution is 0.0955. The predicted molar refractivity (Wildman–Crippen MR) is 104 cm³/mol. The second-order valence-corrected chi connectivity index (χ2v) is 7.71. The van der Waals surface area contributed by atoms with Crippen LogP contribution in [0.5, 0.6) is 0 Å². The van der Waals surface area contributed by atoms with Crippen molar-refractivity contribution in [2.75, 3.05) is 39.3 Å². The molecule has 132 valence electrons. The Morgan fingerprint density at radius 3 is 2.64 bits per heavy atom. The van der Waals surface area contributed by atoms with Crippen LogP contribution < -0.4 is 0 Å². The van der Waals surface area contributed by atoms with Gasteiger partial charge in [0.05, 0.1) is 12.6 Å². The minimum absolute atomic E-state index is 0.246. The number of nitrogens with zero attached hydrogens (tertiary/aromatic N) is 2. The van der Waals surface area contributed by atoms with Crippen molar-refractivity contribution in [1.29, 1.82) is 0 Å². The number of H-pyrrole nitrogens is 1. The molecule has 1 unspecified atom stereocenters. The predicted octanol–water partition coefficient (Wildman–Crippen LogP) is 3.24. The number of nitrogens with one attached hydrogen (secondary N) is 1. The van der Waals surface area contributed by atoms with Crippen molar-refractivity contribution in [2.24, 2.45) is 0 Å². The lowest BCUT2D eigenvalue weighted by Gasteiger charge is -2.39. The highest BCUT2D eigenvalue weighted by molar-refractivity contribution is 7.10. The van der Waals surface area contributed by atoms with Crippen molar-refractivity contribution >= 4 is 22.2 Å². The average molecular weight is 356 g/mol. The van der Waals surface area contributed by atoms with Crippen LogP contribution in [-0.4, -0.2) is 59.2 Å². The highest BCUT2D eigenvalue weighted by Gasteiger charge is 2.30. The minimum Gasteiger partial charge on any atom is -0.395 e. The fourth-order valence-electron chi connectivity index (χ4n) is 3.99. The molecule has 1 aromatic carbocycles. The molecular formula is C20H25N3OS. The number of para-hydroxylation sites is 1. The molecular weight excluding hydrogens is 330 g/mol. The molecule has 0 amide bonds. The molecule has 0 radical (unpaired) electrons. The van der Waals surface area contributed by atoms with Crippen molar-refractivity contribution in [3.05, 3.63) is 57.9 Å². The number of thiophene rings is 1. The van der Waals surface area contributed by atoms with Gasteiger partial charge in [-0.1, -0.05) is 24.3 Å². The van der Waals surface area contributed by atoms with E-state index in [4.69, 9.17) is 0 Å². The number of rotatable bonds is 5. The average Bonchev–Trinajstić information content (AvgIpc) is 3.26. The van der Waals surface area contributed by atoms with E-state index in [1.54, 1.807) is 0 Å². The number of aromatic amines is 1. The summed E-state index contributed by atoms with van der Waals surface area (Å²) in [5, 5.41) is 12.7. The number of hydrogen-bond acceptors (Lipinski definition) is 4. The monoisotopic (exact) mass is 355 g/mol. The molecule has 2 N–H and O–H groups in total. The number of fused-ring (bicyclic) bond motifs is 1. The first kappa shape index (κ1) is 16.8. The minimum atomic E-state index is 0.246. The van der Waals surface area contributed by atoms with E-state index in [0.29, 0.717) is 6.04 Å². The van der Waals surface area contributed by atoms with Gasteiger partial charge in [0, 0.05) is 59.8 Å². The third kappa shape index (κ3) is 3.25. The SMILES string of the molecule is Cc1[nH]c2ccccc2c1C(c1cccs1)N1CCN(CCO)CC1. The van der Waals surface area contributed by atoms with E-state index in [1.807, 2.05) is 11.3 Å². The van der Waals surface area contributed by atoms with Gasteiger partial charge >= 0.3 is 0 Å². The van der Waals surface area contributed by atoms with Gasteiger partial charge < -0.3 is 10.1 Å². The molecule has 0 saturated carbocycles. The van der Waals surface area contributed by atoms with Gasteiger partial charge in [0.15, 0.2) is 0 Å². The second-order valence-electron chi connectivity index (χ2n) is 6.73. The Kier molecular flexibility index (Phi) is 4.90. The van der Waals surface area contributed by atoms with Gasteiger partial charge in [-0.05, 0) is 24.4 Å². The molecule has 0 bridgehead atoms. The second kappa shape index (κ2) is 7.30. The molecule has 1 aliphatic heterocycles. The molecule has 0 spiro atoms. The fraction of sp³-hybridized carbons (Fsp3) is 0.400. The fourth-order valence-corrected chi connectivity index (χ4v) is 4.86. The molecule has 3 heterocycles. The van der Waals surface area contributed by atoms with Gasteiger partial charge in [-0.2, -0.15) is 0 Å². The normalized spacial score (nSPS) is 18.0. The van der Waals surface area contributed by atoms with Crippen LogP contribution in [0.3, 0.4) is 0 Å². The Bertz CT molecular complexity index is 819. The van der Waals surface area contributed by atoms with Gasteiger partial charge in [0.1, 0.15) is 0 Å². The number of aromatic nitrogens is 1. The Morgan fingerprint density at radius 2 is 1.92 bits per heavy atom. The summed E-state index contributed by atoms with van der Waals surface area (Å²) in [6.45, 7) is 7.31. The maximum Gasteiger partial charge on any atom is 0.0720 e. The van der Waals surface area contributed by atoms with Gasteiger partial charge in [-0.3, -0.25) is 9.80 Å². The molecule has 0 aliphatic carbocycles. The highest BCUT2D eigenvalue weighted by atomic mass is 32.1. The Balaban J connectivity index is 1.71. The molecule has 3 aromatic rings. The number of hydrogen-bond donors (Lipinski definition) is 2. The number of β-amino-alcohol motifs (C(OH)–C–C–N with tert-alkyl or cyclic N) is 1. The van der Waals surface area contributed by atoms with E-state index in [1.165, 1.54) is 27.0 Å². The smallest absolute Gasteiger partial charge is 0.0720 e. The molecule has 1 atom stereocenters. The lowest BCUT2D eigenvalue weighted by Crippen LogP contribution is -2.48. The van der Waals surface area contributed by atoms with Crippen LogP contribution in [0.1, 0.15) is 22.2 Å². The van der Waals surface area contributed by atoms with E-state index >= 15 is 0 Å². The van der Waals surface area contributed by atoms with Crippen LogP contribution in [0.4, 0.5) is 0 Å². The highest BCUT2D eigenvalue weighted by Crippen LogP contribution is 2.38. The Morgan fingerprint density at radius 1 is 1.12 bits per heavy atom. The molecule has 1 aliphatic rings. The summed E-state index contributed by atoms with van der Waals surface area (Å²) < 4.78 is 0. The first-order valence-corrected chi connectivity index (χ1v) is 9.84. The van der Waals surface area contributed by atoms with Crippen LogP contribution in [0.15, 0.2) is 41.8 Å². The molecule has 4 rings (SSSR count). The van der Waals surface area contributed by atoms with Gasteiger partial charge in [-0.15, -0.1) is 11.3 Å². The van der Waals surface area contributed by atoms with Gasteiger partial charge in [-0.25, -0.2) is 0 Å². The molecule has 25 heavy (non-hydrogen) atoms. The molecule has 5 heteroatoms. The first-order chi connectivity index (χ1) is 12.3. The summed E-state index contributed by atoms with van der Waals surface area (Å²) in [7, 11) is 0. The van der Waals surface area contributed by atoms with Crippen LogP contribution >= 0.6 is 11.3 Å². The summed E-state index contributed by atoms with van der Waals surface area (Å²) in [5.41, 5.74) is 3.89. The van der Waals surface area contributed by atoms with Crippen LogP contribution in [0, 0.1) is 6.92 Å². The van der Waals surface area contributed by atoms with E-state index < -0.39 is 0 Å². The Labute approximate surface area is 152 Å². The van der Waals surface area contributed by atoms with Crippen LogP contribution in [0.2, 0.25) is 0 Å². The maximum atomic E-state index is 9.19. The van der Waals surface area contributed by atoms with Gasteiger partial charge in [0.25, 0.3) is 0 Å². The van der Waals surface area contributed by atoms with Crippen molar-refractivity contribution in [1.82, 2.24) is 14.8 Å². The summed E-state index contributed by atoms with van der Waals surface area (Å²) in [6.07, 6.45) is 0. The zero-order valence-electron chi connectivity index (χ0n) is 14.6. The van der Waals surface area contributed by atoms with Crippen LogP contribution in [0.25, 0.3) is 10.9 Å². The topological polar surface area (TPSA) is 42.5 Å². The zero-order chi connectivity index (χ0) is 17.2. The third-order valence-electron chi connectivity index (χ3n) is 5.22. The zero-order valence-corrected chi connectivity index (χ0v) is 15.4. The number of aliphatic hydroxyl groups excluding tert-OH is 1. The Hall–Kier alpha value is -1.66. The molecule has 1 fully saturated rings. The standard InChI is InChI=1S/C20H25N3OS/c1-15-19(16-5-2-3-6-17(16)21-15)20(18-7-4-14-25-18)23-10-8-22(9-11-23)12-13-24/h2-7,14,20-21,24H,8-13H2,1H3. The maximum absolute atomic E-state index is 9.19. The van der Waals surface area contributed by atoms with Crippen LogP contribution in [-0.2, 0) is 0 Å². The molecule has 4 nitrogen and oxygen atoms in total.